The molecule has 1 rings (SSSR count). The Morgan fingerprint density at radius 1 is 1.00 bits per heavy atom. The summed E-state index contributed by atoms with van der Waals surface area (Å²) >= 11 is 5.07. The van der Waals surface area contributed by atoms with Crippen molar-refractivity contribution in [3.63, 3.8) is 0 Å². The molecule has 0 amide bonds. The first-order chi connectivity index (χ1) is 9.99. The Morgan fingerprint density at radius 2 is 1.50 bits per heavy atom. The molecule has 0 saturated carbocycles. The number of nitrogens with zero attached hydrogens (tertiary/aromatic N) is 2. The van der Waals surface area contributed by atoms with Gasteiger partial charge in [-0.2, -0.15) is 13.5 Å². The molecule has 132 valence electrons. The summed E-state index contributed by atoms with van der Waals surface area (Å²) in [7, 11) is 4.16. The Balaban J connectivity index is -0.000000665. The molecule has 1 aromatic carbocycles. The van der Waals surface area contributed by atoms with E-state index in [2.05, 4.69) is 23.8 Å². The highest BCUT2D eigenvalue weighted by atomic mass is 32.1. The van der Waals surface area contributed by atoms with Gasteiger partial charge >= 0.3 is 0 Å². The Kier molecular flexibility index (Phi) is 18.7. The standard InChI is InChI=1S/C13H22N2OS.2C2H6.H2S/c1-5-7-14(3)8-6-9-15(4)11-10(2)12(16)13(11)17;2*1-2;/h5-9H2,1-4H3;2*1-2H3;1H2. The van der Waals surface area contributed by atoms with Crippen LogP contribution < -0.4 is 10.3 Å². The number of hydrogen-bond donors (Lipinski definition) is 0. The van der Waals surface area contributed by atoms with Crippen molar-refractivity contribution in [3.8, 4) is 0 Å². The smallest absolute Gasteiger partial charge is 0.203 e. The van der Waals surface area contributed by atoms with Gasteiger partial charge in [-0.1, -0.05) is 46.8 Å². The molecule has 0 N–H and O–H groups in total. The summed E-state index contributed by atoms with van der Waals surface area (Å²) in [4.78, 5) is 15.8. The van der Waals surface area contributed by atoms with E-state index in [-0.39, 0.29) is 18.9 Å². The van der Waals surface area contributed by atoms with Gasteiger partial charge < -0.3 is 9.80 Å². The molecule has 1 aromatic rings. The highest BCUT2D eigenvalue weighted by molar-refractivity contribution is 7.71. The van der Waals surface area contributed by atoms with Crippen molar-refractivity contribution in [2.75, 3.05) is 38.6 Å². The van der Waals surface area contributed by atoms with Crippen LogP contribution in [-0.4, -0.2) is 38.6 Å². The Morgan fingerprint density at radius 3 is 1.91 bits per heavy atom. The minimum absolute atomic E-state index is 0. The van der Waals surface area contributed by atoms with Gasteiger partial charge in [0.15, 0.2) is 0 Å². The molecule has 0 unspecified atom stereocenters. The minimum atomic E-state index is 0. The summed E-state index contributed by atoms with van der Waals surface area (Å²) in [5, 5.41) is 0. The molecule has 0 aliphatic carbocycles. The van der Waals surface area contributed by atoms with Crippen molar-refractivity contribution in [1.29, 1.82) is 0 Å². The lowest BCUT2D eigenvalue weighted by Gasteiger charge is -2.24. The lowest BCUT2D eigenvalue weighted by molar-refractivity contribution is 0.331. The van der Waals surface area contributed by atoms with E-state index in [1.807, 2.05) is 41.7 Å². The third-order valence-corrected chi connectivity index (χ3v) is 3.52. The Hall–Kier alpha value is -0.390. The van der Waals surface area contributed by atoms with Crippen LogP contribution in [0, 0.1) is 11.4 Å². The molecule has 0 aromatic heterocycles. The molecule has 0 saturated heterocycles. The molecule has 0 aliphatic heterocycles. The van der Waals surface area contributed by atoms with Crippen LogP contribution in [0.4, 0.5) is 5.69 Å². The van der Waals surface area contributed by atoms with Crippen LogP contribution in [0.2, 0.25) is 0 Å². The van der Waals surface area contributed by atoms with Gasteiger partial charge in [-0.25, -0.2) is 0 Å². The first-order valence-electron chi connectivity index (χ1n) is 8.18. The van der Waals surface area contributed by atoms with Gasteiger partial charge in [0.2, 0.25) is 5.43 Å². The molecular weight excluding hydrogens is 312 g/mol. The monoisotopic (exact) mass is 348 g/mol. The summed E-state index contributed by atoms with van der Waals surface area (Å²) in [6.07, 6.45) is 2.29. The van der Waals surface area contributed by atoms with Crippen LogP contribution in [0.25, 0.3) is 0 Å². The SMILES string of the molecule is CC.CC.CCCN(C)CCCN(C)c1c(C)c(=O)c1=S.S. The molecule has 0 fully saturated rings. The van der Waals surface area contributed by atoms with Crippen LogP contribution in [0.5, 0.6) is 0 Å². The first kappa shape index (κ1) is 26.5. The molecule has 3 nitrogen and oxygen atoms in total. The van der Waals surface area contributed by atoms with Crippen LogP contribution in [0.1, 0.15) is 53.0 Å². The van der Waals surface area contributed by atoms with Gasteiger partial charge in [0.25, 0.3) is 0 Å². The van der Waals surface area contributed by atoms with Crippen LogP contribution in [0.15, 0.2) is 4.79 Å². The van der Waals surface area contributed by atoms with E-state index < -0.39 is 0 Å². The number of hydrogen-bond acceptors (Lipinski definition) is 4. The lowest BCUT2D eigenvalue weighted by atomic mass is 10.1. The molecule has 0 radical (unpaired) electrons. The molecule has 0 heterocycles. The van der Waals surface area contributed by atoms with Crippen molar-refractivity contribution < 1.29 is 0 Å². The maximum absolute atomic E-state index is 11.3. The predicted molar refractivity (Wildman–Crippen MR) is 109 cm³/mol. The Labute approximate surface area is 149 Å². The maximum Gasteiger partial charge on any atom is 0.203 e. The average Bonchev–Trinajstić information content (AvgIpc) is 2.51. The second-order valence-electron chi connectivity index (χ2n) is 4.71. The molecule has 0 bridgehead atoms. The van der Waals surface area contributed by atoms with Crippen molar-refractivity contribution in [1.82, 2.24) is 4.90 Å². The van der Waals surface area contributed by atoms with E-state index in [0.717, 1.165) is 37.3 Å². The van der Waals surface area contributed by atoms with Gasteiger partial charge in [-0.15, -0.1) is 0 Å². The zero-order valence-electron chi connectivity index (χ0n) is 15.7. The van der Waals surface area contributed by atoms with Crippen molar-refractivity contribution >= 4 is 31.4 Å². The first-order valence-corrected chi connectivity index (χ1v) is 8.59. The minimum Gasteiger partial charge on any atom is -0.373 e. The quantitative estimate of drug-likeness (QED) is 0.686. The zero-order chi connectivity index (χ0) is 17.0. The van der Waals surface area contributed by atoms with E-state index in [9.17, 15) is 4.79 Å². The van der Waals surface area contributed by atoms with Crippen LogP contribution in [0.3, 0.4) is 0 Å². The molecular formula is C17H36N2OS2. The third-order valence-electron chi connectivity index (χ3n) is 3.14. The molecule has 0 atom stereocenters. The molecule has 5 heteroatoms. The van der Waals surface area contributed by atoms with Gasteiger partial charge in [0.1, 0.15) is 4.51 Å². The number of anilines is 1. The second kappa shape index (κ2) is 15.5. The Bertz CT molecular complexity index is 440. The summed E-state index contributed by atoms with van der Waals surface area (Å²) in [6.45, 7) is 15.2. The molecule has 0 spiro atoms. The third kappa shape index (κ3) is 8.30. The summed E-state index contributed by atoms with van der Waals surface area (Å²) < 4.78 is 0.506. The topological polar surface area (TPSA) is 23.6 Å². The fourth-order valence-electron chi connectivity index (χ4n) is 2.14. The van der Waals surface area contributed by atoms with Crippen LogP contribution in [-0.2, 0) is 0 Å². The van der Waals surface area contributed by atoms with Gasteiger partial charge in [-0.3, -0.25) is 4.79 Å². The van der Waals surface area contributed by atoms with Crippen molar-refractivity contribution in [2.24, 2.45) is 0 Å². The van der Waals surface area contributed by atoms with E-state index in [0.29, 0.717) is 4.51 Å². The predicted octanol–water partition coefficient (Wildman–Crippen LogP) is 4.29. The van der Waals surface area contributed by atoms with Gasteiger partial charge in [0, 0.05) is 19.2 Å². The molecule has 22 heavy (non-hydrogen) atoms. The van der Waals surface area contributed by atoms with Gasteiger partial charge in [0.05, 0.1) is 5.69 Å². The van der Waals surface area contributed by atoms with Crippen molar-refractivity contribution in [2.45, 2.75) is 54.4 Å². The fourth-order valence-corrected chi connectivity index (χ4v) is 2.60. The fraction of sp³-hybridized carbons (Fsp3) is 0.765. The van der Waals surface area contributed by atoms with Crippen LogP contribution >= 0.6 is 25.7 Å². The summed E-state index contributed by atoms with van der Waals surface area (Å²) in [6, 6.07) is 0. The second-order valence-corrected chi connectivity index (χ2v) is 5.12. The highest BCUT2D eigenvalue weighted by Gasteiger charge is 2.16. The number of rotatable bonds is 7. The summed E-state index contributed by atoms with van der Waals surface area (Å²) in [5.74, 6) is 0. The average molecular weight is 349 g/mol. The van der Waals surface area contributed by atoms with E-state index in [1.54, 1.807) is 0 Å². The molecule has 0 aliphatic rings. The van der Waals surface area contributed by atoms with E-state index in [4.69, 9.17) is 12.2 Å². The zero-order valence-corrected chi connectivity index (χ0v) is 17.6. The van der Waals surface area contributed by atoms with Crippen molar-refractivity contribution in [3.05, 3.63) is 20.3 Å². The highest BCUT2D eigenvalue weighted by Crippen LogP contribution is 2.20. The maximum atomic E-state index is 11.3. The van der Waals surface area contributed by atoms with E-state index >= 15 is 0 Å². The lowest BCUT2D eigenvalue weighted by Crippen LogP contribution is -2.30. The van der Waals surface area contributed by atoms with E-state index in [1.165, 1.54) is 6.42 Å². The largest absolute Gasteiger partial charge is 0.373 e. The summed E-state index contributed by atoms with van der Waals surface area (Å²) in [5.41, 5.74) is 1.84. The van der Waals surface area contributed by atoms with Gasteiger partial charge in [-0.05, 0) is 39.9 Å². The normalized spacial score (nSPS) is 9.32.